The topological polar surface area (TPSA) is 104 Å². The minimum Gasteiger partial charge on any atom is -0.350 e. The Morgan fingerprint density at radius 1 is 1.00 bits per heavy atom. The molecule has 1 atom stereocenters. The summed E-state index contributed by atoms with van der Waals surface area (Å²) in [5.41, 5.74) is 1.48. The van der Waals surface area contributed by atoms with Gasteiger partial charge >= 0.3 is 0 Å². The second kappa shape index (κ2) is 8.68. The summed E-state index contributed by atoms with van der Waals surface area (Å²) in [7, 11) is -3.38. The van der Waals surface area contributed by atoms with Gasteiger partial charge in [0.05, 0.1) is 17.5 Å². The molecule has 0 unspecified atom stereocenters. The molecule has 0 saturated carbocycles. The summed E-state index contributed by atoms with van der Waals surface area (Å²) in [4.78, 5) is 24.9. The Kier molecular flexibility index (Phi) is 6.57. The van der Waals surface area contributed by atoms with E-state index in [2.05, 4.69) is 15.4 Å². The van der Waals surface area contributed by atoms with Crippen LogP contribution in [-0.2, 0) is 10.0 Å². The number of hydrogen-bond donors (Lipinski definition) is 3. The fourth-order valence-electron chi connectivity index (χ4n) is 2.29. The Morgan fingerprint density at radius 3 is 2.22 bits per heavy atom. The Hall–Kier alpha value is -2.87. The van der Waals surface area contributed by atoms with Crippen molar-refractivity contribution in [2.24, 2.45) is 0 Å². The van der Waals surface area contributed by atoms with Crippen LogP contribution in [0.5, 0.6) is 0 Å². The molecule has 0 spiro atoms. The maximum Gasteiger partial charge on any atom is 0.255 e. The molecule has 3 N–H and O–H groups in total. The molecule has 0 heterocycles. The van der Waals surface area contributed by atoms with Crippen molar-refractivity contribution in [3.05, 3.63) is 59.7 Å². The molecule has 7 nitrogen and oxygen atoms in total. The minimum absolute atomic E-state index is 0.0242. The van der Waals surface area contributed by atoms with Gasteiger partial charge in [-0.05, 0) is 49.7 Å². The summed E-state index contributed by atoms with van der Waals surface area (Å²) >= 11 is 0. The summed E-state index contributed by atoms with van der Waals surface area (Å²) in [5, 5.41) is 5.60. The lowest BCUT2D eigenvalue weighted by molar-refractivity contribution is 0.0940. The molecule has 2 rings (SSSR count). The maximum absolute atomic E-state index is 12.5. The van der Waals surface area contributed by atoms with Crippen LogP contribution in [-0.4, -0.2) is 32.5 Å². The first-order valence-electron chi connectivity index (χ1n) is 8.48. The quantitative estimate of drug-likeness (QED) is 0.677. The van der Waals surface area contributed by atoms with E-state index < -0.39 is 15.9 Å². The van der Waals surface area contributed by atoms with Crippen LogP contribution in [0.4, 0.5) is 11.4 Å². The first-order valence-corrected chi connectivity index (χ1v) is 10.4. The second-order valence-electron chi connectivity index (χ2n) is 6.23. The summed E-state index contributed by atoms with van der Waals surface area (Å²) in [6.07, 6.45) is 1.85. The van der Waals surface area contributed by atoms with Gasteiger partial charge in [-0.15, -0.1) is 0 Å². The number of carbonyl (C=O) groups excluding carboxylic acids is 2. The molecule has 27 heavy (non-hydrogen) atoms. The zero-order valence-corrected chi connectivity index (χ0v) is 16.3. The molecule has 0 aliphatic heterocycles. The van der Waals surface area contributed by atoms with E-state index in [4.69, 9.17) is 0 Å². The number of benzene rings is 2. The molecule has 2 amide bonds. The Balaban J connectivity index is 2.15. The highest BCUT2D eigenvalue weighted by atomic mass is 32.2. The molecule has 0 bridgehead atoms. The minimum atomic E-state index is -3.38. The van der Waals surface area contributed by atoms with Gasteiger partial charge in [-0.1, -0.05) is 19.1 Å². The lowest BCUT2D eigenvalue weighted by atomic mass is 10.1. The third-order valence-corrected chi connectivity index (χ3v) is 4.47. The largest absolute Gasteiger partial charge is 0.350 e. The average Bonchev–Trinajstić information content (AvgIpc) is 2.61. The van der Waals surface area contributed by atoms with Gasteiger partial charge in [0.15, 0.2) is 0 Å². The van der Waals surface area contributed by atoms with Gasteiger partial charge in [-0.25, -0.2) is 8.42 Å². The summed E-state index contributed by atoms with van der Waals surface area (Å²) in [6, 6.07) is 12.8. The Bertz CT molecular complexity index is 924. The number of rotatable bonds is 7. The van der Waals surface area contributed by atoms with Crippen LogP contribution in [0.1, 0.15) is 41.0 Å². The van der Waals surface area contributed by atoms with E-state index in [1.165, 1.54) is 24.3 Å². The smallest absolute Gasteiger partial charge is 0.255 e. The van der Waals surface area contributed by atoms with Crippen LogP contribution in [0.3, 0.4) is 0 Å². The molecule has 0 aliphatic carbocycles. The van der Waals surface area contributed by atoms with Crippen molar-refractivity contribution in [3.63, 3.8) is 0 Å². The zero-order valence-electron chi connectivity index (χ0n) is 15.4. The first kappa shape index (κ1) is 20.4. The highest BCUT2D eigenvalue weighted by Crippen LogP contribution is 2.18. The van der Waals surface area contributed by atoms with Crippen molar-refractivity contribution in [2.45, 2.75) is 26.3 Å². The molecule has 0 aliphatic rings. The standard InChI is InChI=1S/C19H23N3O4S/c1-4-13(2)20-19(24)16-7-5-6-8-17(16)21-18(23)14-9-11-15(12-10-14)22-27(3,25)26/h5-13,22H,4H2,1-3H3,(H,20,24)(H,21,23)/t13-/m1/s1. The predicted octanol–water partition coefficient (Wildman–Crippen LogP) is 2.84. The van der Waals surface area contributed by atoms with Crippen LogP contribution in [0, 0.1) is 0 Å². The van der Waals surface area contributed by atoms with Crippen molar-refractivity contribution < 1.29 is 18.0 Å². The Labute approximate surface area is 159 Å². The van der Waals surface area contributed by atoms with E-state index in [0.717, 1.165) is 12.7 Å². The molecule has 2 aromatic carbocycles. The van der Waals surface area contributed by atoms with Crippen LogP contribution in [0.2, 0.25) is 0 Å². The normalized spacial score (nSPS) is 12.1. The van der Waals surface area contributed by atoms with Crippen LogP contribution in [0.25, 0.3) is 0 Å². The lowest BCUT2D eigenvalue weighted by Crippen LogP contribution is -2.32. The average molecular weight is 389 g/mol. The number of hydrogen-bond acceptors (Lipinski definition) is 4. The highest BCUT2D eigenvalue weighted by molar-refractivity contribution is 7.92. The van der Waals surface area contributed by atoms with E-state index in [9.17, 15) is 18.0 Å². The van der Waals surface area contributed by atoms with Gasteiger partial charge in [-0.2, -0.15) is 0 Å². The van der Waals surface area contributed by atoms with E-state index in [-0.39, 0.29) is 11.9 Å². The molecule has 0 saturated heterocycles. The third-order valence-electron chi connectivity index (χ3n) is 3.86. The molecule has 0 fully saturated rings. The van der Waals surface area contributed by atoms with Crippen molar-refractivity contribution in [2.75, 3.05) is 16.3 Å². The monoisotopic (exact) mass is 389 g/mol. The molecular formula is C19H23N3O4S. The number of amides is 2. The lowest BCUT2D eigenvalue weighted by Gasteiger charge is -2.14. The van der Waals surface area contributed by atoms with Gasteiger partial charge in [0.2, 0.25) is 10.0 Å². The second-order valence-corrected chi connectivity index (χ2v) is 7.98. The van der Waals surface area contributed by atoms with Gasteiger partial charge in [0.1, 0.15) is 0 Å². The first-order chi connectivity index (χ1) is 12.7. The fraction of sp³-hybridized carbons (Fsp3) is 0.263. The number of carbonyl (C=O) groups is 2. The molecule has 0 aromatic heterocycles. The van der Waals surface area contributed by atoms with E-state index in [0.29, 0.717) is 22.5 Å². The van der Waals surface area contributed by atoms with Crippen molar-refractivity contribution in [1.29, 1.82) is 0 Å². The molecule has 8 heteroatoms. The summed E-state index contributed by atoms with van der Waals surface area (Å²) in [6.45, 7) is 3.88. The van der Waals surface area contributed by atoms with Crippen LogP contribution < -0.4 is 15.4 Å². The SMILES string of the molecule is CC[C@@H](C)NC(=O)c1ccccc1NC(=O)c1ccc(NS(C)(=O)=O)cc1. The van der Waals surface area contributed by atoms with Crippen molar-refractivity contribution in [3.8, 4) is 0 Å². The van der Waals surface area contributed by atoms with E-state index >= 15 is 0 Å². The van der Waals surface area contributed by atoms with Gasteiger partial charge in [0.25, 0.3) is 11.8 Å². The number of anilines is 2. The fourth-order valence-corrected chi connectivity index (χ4v) is 2.86. The number of nitrogens with one attached hydrogen (secondary N) is 3. The van der Waals surface area contributed by atoms with Gasteiger partial charge in [-0.3, -0.25) is 14.3 Å². The molecule has 144 valence electrons. The van der Waals surface area contributed by atoms with Crippen molar-refractivity contribution >= 4 is 33.2 Å². The zero-order chi connectivity index (χ0) is 20.0. The van der Waals surface area contributed by atoms with Gasteiger partial charge in [0, 0.05) is 17.3 Å². The number of sulfonamides is 1. The predicted molar refractivity (Wildman–Crippen MR) is 107 cm³/mol. The number of para-hydroxylation sites is 1. The van der Waals surface area contributed by atoms with Gasteiger partial charge < -0.3 is 10.6 Å². The van der Waals surface area contributed by atoms with E-state index in [1.807, 2.05) is 13.8 Å². The maximum atomic E-state index is 12.5. The molecular weight excluding hydrogens is 366 g/mol. The Morgan fingerprint density at radius 2 is 1.63 bits per heavy atom. The van der Waals surface area contributed by atoms with E-state index in [1.54, 1.807) is 24.3 Å². The van der Waals surface area contributed by atoms with Crippen LogP contribution in [0.15, 0.2) is 48.5 Å². The third kappa shape index (κ3) is 6.10. The summed E-state index contributed by atoms with van der Waals surface area (Å²) < 4.78 is 24.8. The molecule has 0 radical (unpaired) electrons. The van der Waals surface area contributed by atoms with Crippen LogP contribution >= 0.6 is 0 Å². The molecule has 2 aromatic rings. The highest BCUT2D eigenvalue weighted by Gasteiger charge is 2.15. The van der Waals surface area contributed by atoms with Crippen molar-refractivity contribution in [1.82, 2.24) is 5.32 Å². The summed E-state index contributed by atoms with van der Waals surface area (Å²) in [5.74, 6) is -0.655.